The number of fused-ring (bicyclic) bond motifs is 1. The summed E-state index contributed by atoms with van der Waals surface area (Å²) >= 11 is 1.66. The molecule has 1 fully saturated rings. The van der Waals surface area contributed by atoms with Gasteiger partial charge in [0.1, 0.15) is 5.82 Å². The van der Waals surface area contributed by atoms with E-state index < -0.39 is 9.84 Å². The van der Waals surface area contributed by atoms with Crippen LogP contribution in [0, 0.1) is 13.8 Å². The van der Waals surface area contributed by atoms with Crippen molar-refractivity contribution in [3.63, 3.8) is 0 Å². The van der Waals surface area contributed by atoms with E-state index in [9.17, 15) is 13.2 Å². The van der Waals surface area contributed by atoms with Gasteiger partial charge in [-0.1, -0.05) is 0 Å². The van der Waals surface area contributed by atoms with Gasteiger partial charge in [0.25, 0.3) is 0 Å². The number of rotatable bonds is 2. The first-order valence-electron chi connectivity index (χ1n) is 7.99. The number of sulfone groups is 1. The van der Waals surface area contributed by atoms with Crippen LogP contribution in [0.3, 0.4) is 0 Å². The lowest BCUT2D eigenvalue weighted by Gasteiger charge is -2.25. The van der Waals surface area contributed by atoms with Gasteiger partial charge in [0.05, 0.1) is 23.2 Å². The number of carbonyl (C=O) groups excluding carboxylic acids is 1. The normalized spacial score (nSPS) is 25.5. The summed E-state index contributed by atoms with van der Waals surface area (Å²) < 4.78 is 25.4. The maximum Gasteiger partial charge on any atom is 0.226 e. The molecule has 24 heavy (non-hydrogen) atoms. The monoisotopic (exact) mass is 365 g/mol. The molecule has 2 aromatic heterocycles. The summed E-state index contributed by atoms with van der Waals surface area (Å²) in [5.41, 5.74) is 3.08. The zero-order valence-electron chi connectivity index (χ0n) is 13.6. The molecule has 128 valence electrons. The molecule has 2 unspecified atom stereocenters. The number of amides is 1. The highest BCUT2D eigenvalue weighted by atomic mass is 32.2. The quantitative estimate of drug-likeness (QED) is 0.886. The van der Waals surface area contributed by atoms with Gasteiger partial charge in [0, 0.05) is 22.8 Å². The van der Waals surface area contributed by atoms with Crippen LogP contribution in [0.25, 0.3) is 0 Å². The second-order valence-electron chi connectivity index (χ2n) is 6.62. The Bertz CT molecular complexity index is 927. The highest BCUT2D eigenvalue weighted by Crippen LogP contribution is 2.43. The van der Waals surface area contributed by atoms with Gasteiger partial charge in [0.15, 0.2) is 9.84 Å². The summed E-state index contributed by atoms with van der Waals surface area (Å²) in [6, 6.07) is 1.87. The number of aromatic nitrogens is 2. The van der Waals surface area contributed by atoms with Crippen molar-refractivity contribution >= 4 is 32.9 Å². The Morgan fingerprint density at radius 2 is 2.17 bits per heavy atom. The minimum Gasteiger partial charge on any atom is -0.311 e. The Labute approximate surface area is 144 Å². The number of hydrogen-bond acceptors (Lipinski definition) is 5. The summed E-state index contributed by atoms with van der Waals surface area (Å²) in [4.78, 5) is 13.5. The third-order valence-corrected chi connectivity index (χ3v) is 7.78. The van der Waals surface area contributed by atoms with Crippen molar-refractivity contribution in [3.8, 4) is 0 Å². The van der Waals surface area contributed by atoms with E-state index in [0.717, 1.165) is 11.3 Å². The Balaban J connectivity index is 1.82. The smallest absolute Gasteiger partial charge is 0.226 e. The van der Waals surface area contributed by atoms with E-state index in [1.54, 1.807) is 16.0 Å². The first-order chi connectivity index (χ1) is 11.4. The molecule has 2 aliphatic heterocycles. The minimum atomic E-state index is -3.01. The SMILES string of the molecule is Cc1ccsc1C1CC(=O)Nc2c1c(C)nn2C1CCS(=O)(=O)C1. The largest absolute Gasteiger partial charge is 0.311 e. The third-order valence-electron chi connectivity index (χ3n) is 4.90. The second kappa shape index (κ2) is 5.42. The van der Waals surface area contributed by atoms with Crippen molar-refractivity contribution in [2.75, 3.05) is 16.8 Å². The molecule has 1 amide bonds. The predicted molar refractivity (Wildman–Crippen MR) is 93.4 cm³/mol. The van der Waals surface area contributed by atoms with Crippen LogP contribution in [0.15, 0.2) is 11.4 Å². The van der Waals surface area contributed by atoms with Gasteiger partial charge in [-0.25, -0.2) is 13.1 Å². The molecule has 8 heteroatoms. The fourth-order valence-corrected chi connectivity index (χ4v) is 6.50. The van der Waals surface area contributed by atoms with E-state index >= 15 is 0 Å². The number of carbonyl (C=O) groups is 1. The second-order valence-corrected chi connectivity index (χ2v) is 9.80. The van der Waals surface area contributed by atoms with Crippen LogP contribution in [0.1, 0.15) is 46.5 Å². The third kappa shape index (κ3) is 2.48. The van der Waals surface area contributed by atoms with E-state index in [1.807, 2.05) is 12.3 Å². The van der Waals surface area contributed by atoms with Crippen LogP contribution < -0.4 is 5.32 Å². The average Bonchev–Trinajstić information content (AvgIpc) is 3.16. The summed E-state index contributed by atoms with van der Waals surface area (Å²) in [5, 5.41) is 9.58. The highest BCUT2D eigenvalue weighted by Gasteiger charge is 2.37. The molecule has 0 saturated carbocycles. The minimum absolute atomic E-state index is 0.000472. The summed E-state index contributed by atoms with van der Waals surface area (Å²) in [7, 11) is -3.01. The Morgan fingerprint density at radius 3 is 2.79 bits per heavy atom. The van der Waals surface area contributed by atoms with Gasteiger partial charge in [-0.05, 0) is 37.3 Å². The van der Waals surface area contributed by atoms with Crippen LogP contribution in [-0.2, 0) is 14.6 Å². The van der Waals surface area contributed by atoms with Gasteiger partial charge < -0.3 is 5.32 Å². The molecule has 1 N–H and O–H groups in total. The molecular weight excluding hydrogens is 346 g/mol. The fourth-order valence-electron chi connectivity index (χ4n) is 3.77. The van der Waals surface area contributed by atoms with Gasteiger partial charge in [-0.3, -0.25) is 4.79 Å². The van der Waals surface area contributed by atoms with E-state index in [-0.39, 0.29) is 29.4 Å². The molecule has 0 spiro atoms. The lowest BCUT2D eigenvalue weighted by molar-refractivity contribution is -0.116. The molecule has 0 bridgehead atoms. The molecule has 2 atom stereocenters. The van der Waals surface area contributed by atoms with E-state index in [0.29, 0.717) is 18.7 Å². The lowest BCUT2D eigenvalue weighted by atomic mass is 9.89. The molecule has 6 nitrogen and oxygen atoms in total. The molecule has 0 radical (unpaired) electrons. The predicted octanol–water partition coefficient (Wildman–Crippen LogP) is 2.40. The zero-order chi connectivity index (χ0) is 17.1. The van der Waals surface area contributed by atoms with Crippen LogP contribution in [-0.4, -0.2) is 35.6 Å². The number of anilines is 1. The van der Waals surface area contributed by atoms with E-state index in [1.165, 1.54) is 10.4 Å². The van der Waals surface area contributed by atoms with Crippen LogP contribution in [0.5, 0.6) is 0 Å². The van der Waals surface area contributed by atoms with Crippen molar-refractivity contribution in [3.05, 3.63) is 33.1 Å². The number of thiophene rings is 1. The van der Waals surface area contributed by atoms with Crippen molar-refractivity contribution < 1.29 is 13.2 Å². The van der Waals surface area contributed by atoms with Gasteiger partial charge >= 0.3 is 0 Å². The lowest BCUT2D eigenvalue weighted by Crippen LogP contribution is -2.26. The van der Waals surface area contributed by atoms with Crippen LogP contribution in [0.2, 0.25) is 0 Å². The molecule has 0 aromatic carbocycles. The van der Waals surface area contributed by atoms with Crippen molar-refractivity contribution in [1.29, 1.82) is 0 Å². The number of aryl methyl sites for hydroxylation is 2. The topological polar surface area (TPSA) is 81.1 Å². The zero-order valence-corrected chi connectivity index (χ0v) is 15.2. The van der Waals surface area contributed by atoms with Gasteiger partial charge in [-0.2, -0.15) is 5.10 Å². The standard InChI is InChI=1S/C16H19N3O3S2/c1-9-3-5-23-15(9)12-7-13(20)17-16-14(12)10(2)18-19(16)11-4-6-24(21,22)8-11/h3,5,11-12H,4,6-8H2,1-2H3,(H,17,20). The molecule has 2 aromatic rings. The Hall–Kier alpha value is -1.67. The first kappa shape index (κ1) is 15.8. The molecule has 4 rings (SSSR count). The molecule has 4 heterocycles. The van der Waals surface area contributed by atoms with Gasteiger partial charge in [-0.15, -0.1) is 11.3 Å². The Morgan fingerprint density at radius 1 is 1.38 bits per heavy atom. The first-order valence-corrected chi connectivity index (χ1v) is 10.7. The molecule has 1 saturated heterocycles. The molecular formula is C16H19N3O3S2. The number of hydrogen-bond donors (Lipinski definition) is 1. The van der Waals surface area contributed by atoms with Crippen LogP contribution >= 0.6 is 11.3 Å². The summed E-state index contributed by atoms with van der Waals surface area (Å²) in [6.07, 6.45) is 0.957. The number of nitrogens with zero attached hydrogens (tertiary/aromatic N) is 2. The fraction of sp³-hybridized carbons (Fsp3) is 0.500. The van der Waals surface area contributed by atoms with Gasteiger partial charge in [0.2, 0.25) is 5.91 Å². The highest BCUT2D eigenvalue weighted by molar-refractivity contribution is 7.91. The van der Waals surface area contributed by atoms with Crippen molar-refractivity contribution in [2.24, 2.45) is 0 Å². The van der Waals surface area contributed by atoms with E-state index in [2.05, 4.69) is 23.4 Å². The average molecular weight is 365 g/mol. The molecule has 0 aliphatic carbocycles. The maximum absolute atomic E-state index is 12.3. The van der Waals surface area contributed by atoms with E-state index in [4.69, 9.17) is 0 Å². The maximum atomic E-state index is 12.3. The molecule has 2 aliphatic rings. The summed E-state index contributed by atoms with van der Waals surface area (Å²) in [6.45, 7) is 3.99. The van der Waals surface area contributed by atoms with Crippen LogP contribution in [0.4, 0.5) is 5.82 Å². The Kier molecular flexibility index (Phi) is 3.58. The summed E-state index contributed by atoms with van der Waals surface area (Å²) in [5.74, 6) is 0.928. The van der Waals surface area contributed by atoms with Crippen molar-refractivity contribution in [1.82, 2.24) is 9.78 Å². The van der Waals surface area contributed by atoms with Crippen molar-refractivity contribution in [2.45, 2.75) is 38.6 Å². The number of nitrogens with one attached hydrogen (secondary N) is 1.